The van der Waals surface area contributed by atoms with Crippen molar-refractivity contribution in [1.29, 1.82) is 0 Å². The highest BCUT2D eigenvalue weighted by Gasteiger charge is 2.16. The predicted octanol–water partition coefficient (Wildman–Crippen LogP) is 2.25. The van der Waals surface area contributed by atoms with Crippen LogP contribution in [0.5, 0.6) is 5.75 Å². The van der Waals surface area contributed by atoms with E-state index in [0.717, 1.165) is 0 Å². The van der Waals surface area contributed by atoms with E-state index in [1.165, 1.54) is 0 Å². The highest BCUT2D eigenvalue weighted by molar-refractivity contribution is 5.92. The summed E-state index contributed by atoms with van der Waals surface area (Å²) in [7, 11) is 1.59. The van der Waals surface area contributed by atoms with E-state index >= 15 is 0 Å². The maximum atomic E-state index is 11.9. The number of hydrogen-bond donors (Lipinski definition) is 2. The molecule has 0 spiro atoms. The minimum Gasteiger partial charge on any atom is -0.495 e. The van der Waals surface area contributed by atoms with Gasteiger partial charge in [0, 0.05) is 6.42 Å². The fraction of sp³-hybridized carbons (Fsp3) is 0.500. The van der Waals surface area contributed by atoms with Gasteiger partial charge in [-0.15, -0.1) is 0 Å². The molecule has 1 aromatic rings. The zero-order valence-electron chi connectivity index (χ0n) is 11.3. The first kappa shape index (κ1) is 14.5. The van der Waals surface area contributed by atoms with Crippen molar-refractivity contribution >= 4 is 11.6 Å². The lowest BCUT2D eigenvalue weighted by Crippen LogP contribution is -2.26. The second kappa shape index (κ2) is 7.01. The summed E-state index contributed by atoms with van der Waals surface area (Å²) in [6.07, 6.45) is 0.437. The Morgan fingerprint density at radius 1 is 1.39 bits per heavy atom. The summed E-state index contributed by atoms with van der Waals surface area (Å²) in [5.74, 6) is 1.25. The van der Waals surface area contributed by atoms with Gasteiger partial charge in [0.15, 0.2) is 0 Å². The van der Waals surface area contributed by atoms with Gasteiger partial charge in [-0.3, -0.25) is 4.79 Å². The molecule has 1 atom stereocenters. The smallest absolute Gasteiger partial charge is 0.224 e. The molecule has 100 valence electrons. The summed E-state index contributed by atoms with van der Waals surface area (Å²) in [5, 5.41) is 2.86. The van der Waals surface area contributed by atoms with Crippen LogP contribution in [0.25, 0.3) is 0 Å². The molecule has 0 saturated heterocycles. The molecule has 1 aromatic carbocycles. The largest absolute Gasteiger partial charge is 0.495 e. The van der Waals surface area contributed by atoms with Crippen molar-refractivity contribution in [2.24, 2.45) is 17.6 Å². The van der Waals surface area contributed by atoms with Gasteiger partial charge < -0.3 is 15.8 Å². The number of ether oxygens (including phenoxy) is 1. The SMILES string of the molecule is COc1ccccc1NC(=O)CC(CN)C(C)C. The lowest BCUT2D eigenvalue weighted by molar-refractivity contribution is -0.117. The molecular weight excluding hydrogens is 228 g/mol. The number of benzene rings is 1. The maximum absolute atomic E-state index is 11.9. The number of nitrogens with one attached hydrogen (secondary N) is 1. The van der Waals surface area contributed by atoms with E-state index in [4.69, 9.17) is 10.5 Å². The van der Waals surface area contributed by atoms with Crippen LogP contribution in [0.3, 0.4) is 0 Å². The number of carbonyl (C=O) groups excluding carboxylic acids is 1. The van der Waals surface area contributed by atoms with Gasteiger partial charge in [-0.2, -0.15) is 0 Å². The summed E-state index contributed by atoms with van der Waals surface area (Å²) in [4.78, 5) is 11.9. The minimum atomic E-state index is -0.0244. The van der Waals surface area contributed by atoms with Crippen LogP contribution >= 0.6 is 0 Å². The Bertz CT molecular complexity index is 391. The first-order chi connectivity index (χ1) is 8.58. The fourth-order valence-corrected chi connectivity index (χ4v) is 1.78. The van der Waals surface area contributed by atoms with Crippen LogP contribution < -0.4 is 15.8 Å². The fourth-order valence-electron chi connectivity index (χ4n) is 1.78. The van der Waals surface area contributed by atoms with Crippen molar-refractivity contribution in [3.8, 4) is 5.75 Å². The number of amides is 1. The molecule has 1 amide bonds. The van der Waals surface area contributed by atoms with Gasteiger partial charge in [0.2, 0.25) is 5.91 Å². The van der Waals surface area contributed by atoms with Crippen molar-refractivity contribution in [2.45, 2.75) is 20.3 Å². The van der Waals surface area contributed by atoms with Gasteiger partial charge in [-0.1, -0.05) is 26.0 Å². The monoisotopic (exact) mass is 250 g/mol. The number of anilines is 1. The first-order valence-electron chi connectivity index (χ1n) is 6.21. The van der Waals surface area contributed by atoms with Gasteiger partial charge in [0.05, 0.1) is 12.8 Å². The molecule has 0 saturated carbocycles. The lowest BCUT2D eigenvalue weighted by atomic mass is 9.92. The molecular formula is C14H22N2O2. The number of nitrogens with two attached hydrogens (primary N) is 1. The summed E-state index contributed by atoms with van der Waals surface area (Å²) >= 11 is 0. The molecule has 3 N–H and O–H groups in total. The molecule has 0 heterocycles. The molecule has 0 aromatic heterocycles. The van der Waals surface area contributed by atoms with E-state index in [1.807, 2.05) is 24.3 Å². The van der Waals surface area contributed by atoms with Crippen LogP contribution in [0.1, 0.15) is 20.3 Å². The highest BCUT2D eigenvalue weighted by Crippen LogP contribution is 2.24. The van der Waals surface area contributed by atoms with E-state index in [0.29, 0.717) is 30.3 Å². The zero-order valence-corrected chi connectivity index (χ0v) is 11.3. The van der Waals surface area contributed by atoms with E-state index in [9.17, 15) is 4.79 Å². The molecule has 0 radical (unpaired) electrons. The Morgan fingerprint density at radius 2 is 2.06 bits per heavy atom. The molecule has 0 aliphatic carbocycles. The van der Waals surface area contributed by atoms with Crippen molar-refractivity contribution in [1.82, 2.24) is 0 Å². The number of para-hydroxylation sites is 2. The Morgan fingerprint density at radius 3 is 2.61 bits per heavy atom. The van der Waals surface area contributed by atoms with Gasteiger partial charge >= 0.3 is 0 Å². The van der Waals surface area contributed by atoms with Crippen LogP contribution in [-0.2, 0) is 4.79 Å². The van der Waals surface area contributed by atoms with E-state index in [2.05, 4.69) is 19.2 Å². The van der Waals surface area contributed by atoms with Crippen molar-refractivity contribution in [3.63, 3.8) is 0 Å². The van der Waals surface area contributed by atoms with Crippen molar-refractivity contribution in [2.75, 3.05) is 19.0 Å². The Kier molecular flexibility index (Phi) is 5.65. The first-order valence-corrected chi connectivity index (χ1v) is 6.21. The molecule has 0 aliphatic heterocycles. The molecule has 0 bridgehead atoms. The quantitative estimate of drug-likeness (QED) is 0.814. The van der Waals surface area contributed by atoms with Crippen LogP contribution in [0.4, 0.5) is 5.69 Å². The standard InChI is InChI=1S/C14H22N2O2/c1-10(2)11(9-15)8-14(17)16-12-6-4-5-7-13(12)18-3/h4-7,10-11H,8-9,15H2,1-3H3,(H,16,17). The molecule has 1 rings (SSSR count). The molecule has 4 nitrogen and oxygen atoms in total. The van der Waals surface area contributed by atoms with Crippen LogP contribution in [0.15, 0.2) is 24.3 Å². The van der Waals surface area contributed by atoms with Gasteiger partial charge in [-0.05, 0) is 30.5 Å². The average Bonchev–Trinajstić information content (AvgIpc) is 2.36. The van der Waals surface area contributed by atoms with Gasteiger partial charge in [0.25, 0.3) is 0 Å². The van der Waals surface area contributed by atoms with E-state index in [1.54, 1.807) is 7.11 Å². The molecule has 4 heteroatoms. The van der Waals surface area contributed by atoms with Crippen molar-refractivity contribution < 1.29 is 9.53 Å². The predicted molar refractivity (Wildman–Crippen MR) is 73.6 cm³/mol. The Hall–Kier alpha value is -1.55. The third-order valence-electron chi connectivity index (χ3n) is 3.07. The maximum Gasteiger partial charge on any atom is 0.224 e. The summed E-state index contributed by atoms with van der Waals surface area (Å²) < 4.78 is 5.19. The molecule has 1 unspecified atom stereocenters. The normalized spacial score (nSPS) is 12.3. The number of carbonyl (C=O) groups is 1. The number of hydrogen-bond acceptors (Lipinski definition) is 3. The minimum absolute atomic E-state index is 0.0244. The molecule has 0 fully saturated rings. The Balaban J connectivity index is 2.64. The van der Waals surface area contributed by atoms with Gasteiger partial charge in [-0.25, -0.2) is 0 Å². The summed E-state index contributed by atoms with van der Waals surface area (Å²) in [6, 6.07) is 7.37. The number of methoxy groups -OCH3 is 1. The van der Waals surface area contributed by atoms with Crippen molar-refractivity contribution in [3.05, 3.63) is 24.3 Å². The molecule has 18 heavy (non-hydrogen) atoms. The van der Waals surface area contributed by atoms with Crippen LogP contribution in [0.2, 0.25) is 0 Å². The highest BCUT2D eigenvalue weighted by atomic mass is 16.5. The van der Waals surface area contributed by atoms with Gasteiger partial charge in [0.1, 0.15) is 5.75 Å². The third kappa shape index (κ3) is 4.04. The van der Waals surface area contributed by atoms with Crippen LogP contribution in [-0.4, -0.2) is 19.6 Å². The second-order valence-electron chi connectivity index (χ2n) is 4.69. The van der Waals surface area contributed by atoms with E-state index < -0.39 is 0 Å². The number of rotatable bonds is 6. The topological polar surface area (TPSA) is 64.3 Å². The van der Waals surface area contributed by atoms with E-state index in [-0.39, 0.29) is 11.8 Å². The second-order valence-corrected chi connectivity index (χ2v) is 4.69. The third-order valence-corrected chi connectivity index (χ3v) is 3.07. The molecule has 0 aliphatic rings. The average molecular weight is 250 g/mol. The summed E-state index contributed by atoms with van der Waals surface area (Å²) in [6.45, 7) is 4.68. The summed E-state index contributed by atoms with van der Waals surface area (Å²) in [5.41, 5.74) is 6.37. The van der Waals surface area contributed by atoms with Crippen LogP contribution in [0, 0.1) is 11.8 Å². The zero-order chi connectivity index (χ0) is 13.5. The Labute approximate surface area is 109 Å². The lowest BCUT2D eigenvalue weighted by Gasteiger charge is -2.18.